The van der Waals surface area contributed by atoms with Gasteiger partial charge in [-0.2, -0.15) is 0 Å². The molecule has 2 aromatic rings. The third kappa shape index (κ3) is 3.95. The molecule has 1 aromatic carbocycles. The predicted octanol–water partition coefficient (Wildman–Crippen LogP) is 1.90. The second kappa shape index (κ2) is 8.16. The number of carbonyl (C=O) groups is 1. The lowest BCUT2D eigenvalue weighted by Gasteiger charge is -2.19. The first kappa shape index (κ1) is 18.2. The second-order valence-electron chi connectivity index (χ2n) is 5.91. The molecule has 2 heterocycles. The summed E-state index contributed by atoms with van der Waals surface area (Å²) in [6.45, 7) is 3.09. The Morgan fingerprint density at radius 2 is 1.92 bits per heavy atom. The standard InChI is InChI=1S/C19H21NO6/c1-13-10-20(11-15-24-8-9-25-15)16(19(22)23-2)18(17(13)21)26-12-14-6-4-3-5-7-14/h3-7,10,15H,8-9,11-12H2,1-2H3. The number of esters is 1. The van der Waals surface area contributed by atoms with Crippen molar-refractivity contribution in [1.29, 1.82) is 0 Å². The molecule has 0 unspecified atom stereocenters. The first-order valence-corrected chi connectivity index (χ1v) is 8.32. The zero-order chi connectivity index (χ0) is 18.5. The van der Waals surface area contributed by atoms with Crippen molar-refractivity contribution in [2.24, 2.45) is 0 Å². The number of aromatic nitrogens is 1. The molecule has 3 rings (SSSR count). The van der Waals surface area contributed by atoms with E-state index in [1.54, 1.807) is 17.7 Å². The lowest BCUT2D eigenvalue weighted by Crippen LogP contribution is -2.27. The molecule has 0 bridgehead atoms. The maximum Gasteiger partial charge on any atom is 0.358 e. The van der Waals surface area contributed by atoms with Crippen molar-refractivity contribution in [3.8, 4) is 5.75 Å². The molecule has 1 fully saturated rings. The molecule has 0 spiro atoms. The lowest BCUT2D eigenvalue weighted by molar-refractivity contribution is -0.0531. The largest absolute Gasteiger partial charge is 0.482 e. The minimum atomic E-state index is -0.650. The third-order valence-corrected chi connectivity index (χ3v) is 4.06. The molecule has 1 aliphatic heterocycles. The van der Waals surface area contributed by atoms with Gasteiger partial charge in [-0.1, -0.05) is 30.3 Å². The minimum absolute atomic E-state index is 0.0290. The average molecular weight is 359 g/mol. The van der Waals surface area contributed by atoms with E-state index in [4.69, 9.17) is 18.9 Å². The number of pyridine rings is 1. The molecule has 0 amide bonds. The van der Waals surface area contributed by atoms with Crippen LogP contribution in [0.5, 0.6) is 5.75 Å². The molecule has 0 saturated carbocycles. The molecule has 7 heteroatoms. The van der Waals surface area contributed by atoms with Gasteiger partial charge >= 0.3 is 5.97 Å². The Kier molecular flexibility index (Phi) is 5.70. The molecule has 0 N–H and O–H groups in total. The monoisotopic (exact) mass is 359 g/mol. The van der Waals surface area contributed by atoms with Crippen LogP contribution in [-0.2, 0) is 27.4 Å². The van der Waals surface area contributed by atoms with Gasteiger partial charge < -0.3 is 23.5 Å². The zero-order valence-corrected chi connectivity index (χ0v) is 14.8. The molecule has 1 saturated heterocycles. The van der Waals surface area contributed by atoms with E-state index in [1.165, 1.54) is 7.11 Å². The first-order valence-electron chi connectivity index (χ1n) is 8.32. The van der Waals surface area contributed by atoms with Crippen LogP contribution in [0.2, 0.25) is 0 Å². The Morgan fingerprint density at radius 3 is 2.58 bits per heavy atom. The van der Waals surface area contributed by atoms with Crippen LogP contribution in [0.4, 0.5) is 0 Å². The number of benzene rings is 1. The third-order valence-electron chi connectivity index (χ3n) is 4.06. The van der Waals surface area contributed by atoms with Crippen LogP contribution in [0.3, 0.4) is 0 Å². The van der Waals surface area contributed by atoms with Crippen LogP contribution in [0.15, 0.2) is 41.3 Å². The number of hydrogen-bond acceptors (Lipinski definition) is 6. The van der Waals surface area contributed by atoms with Gasteiger partial charge in [0, 0.05) is 11.8 Å². The van der Waals surface area contributed by atoms with Gasteiger partial charge in [0.25, 0.3) is 0 Å². The van der Waals surface area contributed by atoms with E-state index in [0.717, 1.165) is 5.56 Å². The van der Waals surface area contributed by atoms with Crippen molar-refractivity contribution in [3.05, 3.63) is 63.6 Å². The van der Waals surface area contributed by atoms with Crippen LogP contribution in [0.25, 0.3) is 0 Å². The summed E-state index contributed by atoms with van der Waals surface area (Å²) in [4.78, 5) is 25.0. The summed E-state index contributed by atoms with van der Waals surface area (Å²) in [6.07, 6.45) is 1.11. The van der Waals surface area contributed by atoms with E-state index in [0.29, 0.717) is 18.8 Å². The summed E-state index contributed by atoms with van der Waals surface area (Å²) in [5, 5.41) is 0. The van der Waals surface area contributed by atoms with Crippen LogP contribution >= 0.6 is 0 Å². The van der Waals surface area contributed by atoms with Gasteiger partial charge in [-0.25, -0.2) is 4.79 Å². The first-order chi connectivity index (χ1) is 12.6. The summed E-state index contributed by atoms with van der Waals surface area (Å²) in [6, 6.07) is 9.41. The van der Waals surface area contributed by atoms with Gasteiger partial charge in [0.1, 0.15) is 6.61 Å². The molecule has 26 heavy (non-hydrogen) atoms. The highest BCUT2D eigenvalue weighted by Crippen LogP contribution is 2.20. The van der Waals surface area contributed by atoms with E-state index in [-0.39, 0.29) is 30.0 Å². The smallest absolute Gasteiger partial charge is 0.358 e. The number of rotatable bonds is 6. The maximum absolute atomic E-state index is 12.6. The fourth-order valence-electron chi connectivity index (χ4n) is 2.76. The summed E-state index contributed by atoms with van der Waals surface area (Å²) < 4.78 is 23.1. The van der Waals surface area contributed by atoms with Crippen molar-refractivity contribution >= 4 is 5.97 Å². The molecule has 0 atom stereocenters. The Balaban J connectivity index is 1.97. The van der Waals surface area contributed by atoms with Gasteiger partial charge in [0.2, 0.25) is 5.43 Å². The van der Waals surface area contributed by atoms with Crippen molar-refractivity contribution in [2.75, 3.05) is 20.3 Å². The molecule has 7 nitrogen and oxygen atoms in total. The van der Waals surface area contributed by atoms with E-state index >= 15 is 0 Å². The van der Waals surface area contributed by atoms with E-state index in [2.05, 4.69) is 0 Å². The Bertz CT molecular complexity index is 824. The van der Waals surface area contributed by atoms with E-state index in [9.17, 15) is 9.59 Å². The molecular formula is C19H21NO6. The van der Waals surface area contributed by atoms with Gasteiger partial charge in [-0.3, -0.25) is 4.79 Å². The van der Waals surface area contributed by atoms with Gasteiger partial charge in [-0.05, 0) is 12.5 Å². The SMILES string of the molecule is COC(=O)c1c(OCc2ccccc2)c(=O)c(C)cn1CC1OCCO1. The van der Waals surface area contributed by atoms with Crippen molar-refractivity contribution in [2.45, 2.75) is 26.4 Å². The van der Waals surface area contributed by atoms with Gasteiger partial charge in [-0.15, -0.1) is 0 Å². The quantitative estimate of drug-likeness (QED) is 0.733. The summed E-state index contributed by atoms with van der Waals surface area (Å²) in [7, 11) is 1.26. The number of ether oxygens (including phenoxy) is 4. The minimum Gasteiger partial charge on any atom is -0.482 e. The Hall–Kier alpha value is -2.64. The number of aryl methyl sites for hydroxylation is 1. The van der Waals surface area contributed by atoms with Gasteiger partial charge in [0.05, 0.1) is 26.9 Å². The van der Waals surface area contributed by atoms with E-state index in [1.807, 2.05) is 30.3 Å². The topological polar surface area (TPSA) is 76.0 Å². The summed E-state index contributed by atoms with van der Waals surface area (Å²) in [5.74, 6) is -0.679. The zero-order valence-electron chi connectivity index (χ0n) is 14.8. The highest BCUT2D eigenvalue weighted by molar-refractivity contribution is 5.90. The van der Waals surface area contributed by atoms with Crippen LogP contribution in [0, 0.1) is 6.92 Å². The van der Waals surface area contributed by atoms with E-state index < -0.39 is 12.3 Å². The highest BCUT2D eigenvalue weighted by Gasteiger charge is 2.26. The van der Waals surface area contributed by atoms with Gasteiger partial charge in [0.15, 0.2) is 17.7 Å². The molecule has 138 valence electrons. The molecular weight excluding hydrogens is 338 g/mol. The number of methoxy groups -OCH3 is 1. The van der Waals surface area contributed by atoms with Crippen molar-refractivity contribution in [3.63, 3.8) is 0 Å². The molecule has 1 aliphatic rings. The predicted molar refractivity (Wildman–Crippen MR) is 93.2 cm³/mol. The molecule has 1 aromatic heterocycles. The molecule has 0 aliphatic carbocycles. The summed E-state index contributed by atoms with van der Waals surface area (Å²) >= 11 is 0. The average Bonchev–Trinajstić information content (AvgIpc) is 3.16. The highest BCUT2D eigenvalue weighted by atomic mass is 16.7. The molecule has 0 radical (unpaired) electrons. The number of hydrogen-bond donors (Lipinski definition) is 0. The fourth-order valence-corrected chi connectivity index (χ4v) is 2.76. The van der Waals surface area contributed by atoms with Crippen LogP contribution in [-0.4, -0.2) is 37.1 Å². The normalized spacial score (nSPS) is 14.4. The van der Waals surface area contributed by atoms with Crippen molar-refractivity contribution < 1.29 is 23.7 Å². The van der Waals surface area contributed by atoms with Crippen molar-refractivity contribution in [1.82, 2.24) is 4.57 Å². The van der Waals surface area contributed by atoms with Crippen LogP contribution in [0.1, 0.15) is 21.6 Å². The maximum atomic E-state index is 12.6. The Labute approximate surface area is 151 Å². The number of carbonyl (C=O) groups excluding carboxylic acids is 1. The fraction of sp³-hybridized carbons (Fsp3) is 0.368. The Morgan fingerprint density at radius 1 is 1.23 bits per heavy atom. The lowest BCUT2D eigenvalue weighted by atomic mass is 10.2. The number of nitrogens with zero attached hydrogens (tertiary/aromatic N) is 1. The van der Waals surface area contributed by atoms with Crippen LogP contribution < -0.4 is 10.2 Å². The second-order valence-corrected chi connectivity index (χ2v) is 5.91. The summed E-state index contributed by atoms with van der Waals surface area (Å²) in [5.41, 5.74) is 1.06.